The molecule has 192 valence electrons. The first kappa shape index (κ1) is 27.4. The summed E-state index contributed by atoms with van der Waals surface area (Å²) >= 11 is 1.71. The largest absolute Gasteiger partial charge is 0.416 e. The van der Waals surface area contributed by atoms with Crippen molar-refractivity contribution in [2.45, 2.75) is 44.3 Å². The molecule has 0 aromatic heterocycles. The fourth-order valence-corrected chi connectivity index (χ4v) is 4.93. The Kier molecular flexibility index (Phi) is 9.28. The Bertz CT molecular complexity index is 1160. The predicted molar refractivity (Wildman–Crippen MR) is 142 cm³/mol. The Morgan fingerprint density at radius 1 is 1.17 bits per heavy atom. The number of nitrogens with two attached hydrogens (primary N) is 1. The molecule has 0 saturated heterocycles. The van der Waals surface area contributed by atoms with Crippen LogP contribution in [0.4, 0.5) is 24.5 Å². The van der Waals surface area contributed by atoms with E-state index in [1.807, 2.05) is 36.9 Å². The molecule has 2 unspecified atom stereocenters. The van der Waals surface area contributed by atoms with Gasteiger partial charge in [0.2, 0.25) is 0 Å². The molecule has 0 saturated carbocycles. The number of hydrogen-bond acceptors (Lipinski definition) is 5. The SMILES string of the molecule is CC/C=C(/C=C(\Nc1cccc(CN)c1)C(=O)Nc1cccc(C(C)C2SC=CN2C)c1)C(F)(F)F. The number of carbonyl (C=O) groups is 1. The molecule has 2 aromatic rings. The van der Waals surface area contributed by atoms with Crippen LogP contribution in [0, 0.1) is 0 Å². The van der Waals surface area contributed by atoms with Gasteiger partial charge in [0, 0.05) is 37.1 Å². The van der Waals surface area contributed by atoms with Gasteiger partial charge in [-0.1, -0.05) is 44.2 Å². The number of anilines is 2. The lowest BCUT2D eigenvalue weighted by Gasteiger charge is -2.27. The number of halogens is 3. The Hall–Kier alpha value is -3.17. The van der Waals surface area contributed by atoms with Crippen molar-refractivity contribution in [3.8, 4) is 0 Å². The van der Waals surface area contributed by atoms with Crippen LogP contribution in [0.2, 0.25) is 0 Å². The van der Waals surface area contributed by atoms with Gasteiger partial charge in [-0.25, -0.2) is 0 Å². The van der Waals surface area contributed by atoms with Crippen molar-refractivity contribution >= 4 is 29.0 Å². The number of likely N-dealkylation sites (N-methyl/N-ethyl adjacent to an activating group) is 1. The Labute approximate surface area is 214 Å². The van der Waals surface area contributed by atoms with Crippen molar-refractivity contribution in [3.63, 3.8) is 0 Å². The number of hydrogen-bond donors (Lipinski definition) is 3. The average molecular weight is 517 g/mol. The summed E-state index contributed by atoms with van der Waals surface area (Å²) in [6, 6.07) is 14.3. The van der Waals surface area contributed by atoms with E-state index < -0.39 is 17.7 Å². The van der Waals surface area contributed by atoms with E-state index in [0.717, 1.165) is 23.3 Å². The van der Waals surface area contributed by atoms with E-state index >= 15 is 0 Å². The second kappa shape index (κ2) is 12.2. The number of thioether (sulfide) groups is 1. The maximum absolute atomic E-state index is 13.6. The minimum Gasteiger partial charge on any atom is -0.367 e. The number of benzene rings is 2. The molecule has 0 radical (unpaired) electrons. The molecule has 36 heavy (non-hydrogen) atoms. The first-order valence-corrected chi connectivity index (χ1v) is 12.6. The van der Waals surface area contributed by atoms with Gasteiger partial charge in [0.1, 0.15) is 5.70 Å². The van der Waals surface area contributed by atoms with Gasteiger partial charge in [-0.2, -0.15) is 13.2 Å². The van der Waals surface area contributed by atoms with E-state index in [1.54, 1.807) is 49.0 Å². The van der Waals surface area contributed by atoms with Crippen LogP contribution in [0.5, 0.6) is 0 Å². The van der Waals surface area contributed by atoms with Crippen LogP contribution in [0.25, 0.3) is 0 Å². The maximum atomic E-state index is 13.6. The van der Waals surface area contributed by atoms with Crippen LogP contribution < -0.4 is 16.4 Å². The number of allylic oxidation sites excluding steroid dienone is 3. The Balaban J connectivity index is 1.90. The zero-order chi connectivity index (χ0) is 26.3. The lowest BCUT2D eigenvalue weighted by Crippen LogP contribution is -2.26. The van der Waals surface area contributed by atoms with Crippen molar-refractivity contribution in [1.82, 2.24) is 4.90 Å². The quantitative estimate of drug-likeness (QED) is 0.260. The van der Waals surface area contributed by atoms with E-state index in [4.69, 9.17) is 5.73 Å². The number of carbonyl (C=O) groups excluding carboxylic acids is 1. The fraction of sp³-hybridized carbons (Fsp3) is 0.296. The molecule has 3 rings (SSSR count). The minimum absolute atomic E-state index is 0.156. The zero-order valence-electron chi connectivity index (χ0n) is 20.5. The molecule has 1 amide bonds. The summed E-state index contributed by atoms with van der Waals surface area (Å²) in [5.41, 5.74) is 7.33. The molecule has 2 aromatic carbocycles. The molecule has 0 bridgehead atoms. The second-order valence-corrected chi connectivity index (χ2v) is 9.53. The number of alkyl halides is 3. The second-order valence-electron chi connectivity index (χ2n) is 8.50. The van der Waals surface area contributed by atoms with Gasteiger partial charge < -0.3 is 21.3 Å². The van der Waals surface area contributed by atoms with Crippen molar-refractivity contribution in [3.05, 3.63) is 94.7 Å². The smallest absolute Gasteiger partial charge is 0.367 e. The van der Waals surface area contributed by atoms with Gasteiger partial charge in [-0.3, -0.25) is 4.79 Å². The van der Waals surface area contributed by atoms with E-state index in [1.165, 1.54) is 0 Å². The third-order valence-corrected chi connectivity index (χ3v) is 7.05. The van der Waals surface area contributed by atoms with Crippen LogP contribution >= 0.6 is 11.8 Å². The lowest BCUT2D eigenvalue weighted by atomic mass is 10.00. The van der Waals surface area contributed by atoms with E-state index in [-0.39, 0.29) is 30.0 Å². The van der Waals surface area contributed by atoms with Crippen molar-refractivity contribution in [1.29, 1.82) is 0 Å². The topological polar surface area (TPSA) is 70.4 Å². The number of nitrogens with zero attached hydrogens (tertiary/aromatic N) is 1. The zero-order valence-corrected chi connectivity index (χ0v) is 21.3. The molecule has 1 heterocycles. The standard InChI is InChI=1S/C27H31F3N4OS/c1-4-7-21(27(28,29)30)16-24(32-22-10-5-8-19(14-22)17-31)25(35)33-23-11-6-9-20(15-23)18(2)26-34(3)12-13-36-26/h5-16,18,26,32H,4,17,31H2,1-3H3,(H,33,35)/b21-7-,24-16-. The predicted octanol–water partition coefficient (Wildman–Crippen LogP) is 6.56. The monoisotopic (exact) mass is 516 g/mol. The van der Waals surface area contributed by atoms with E-state index in [2.05, 4.69) is 22.5 Å². The molecule has 4 N–H and O–H groups in total. The third-order valence-electron chi connectivity index (χ3n) is 5.75. The highest BCUT2D eigenvalue weighted by Crippen LogP contribution is 2.36. The van der Waals surface area contributed by atoms with Crippen LogP contribution in [-0.4, -0.2) is 29.4 Å². The van der Waals surface area contributed by atoms with Gasteiger partial charge in [0.15, 0.2) is 0 Å². The molecular formula is C27H31F3N4OS. The van der Waals surface area contributed by atoms with Crippen LogP contribution in [0.3, 0.4) is 0 Å². The van der Waals surface area contributed by atoms with Gasteiger partial charge in [0.05, 0.1) is 10.9 Å². The van der Waals surface area contributed by atoms with E-state index in [9.17, 15) is 18.0 Å². The summed E-state index contributed by atoms with van der Waals surface area (Å²) in [5.74, 6) is -0.526. The molecule has 2 atom stereocenters. The molecule has 9 heteroatoms. The van der Waals surface area contributed by atoms with Gasteiger partial charge >= 0.3 is 6.18 Å². The lowest BCUT2D eigenvalue weighted by molar-refractivity contribution is -0.112. The summed E-state index contributed by atoms with van der Waals surface area (Å²) in [4.78, 5) is 15.4. The van der Waals surface area contributed by atoms with Crippen LogP contribution in [0.1, 0.15) is 37.3 Å². The van der Waals surface area contributed by atoms with Gasteiger partial charge in [-0.05, 0) is 53.3 Å². The first-order chi connectivity index (χ1) is 17.1. The first-order valence-electron chi connectivity index (χ1n) is 11.6. The third kappa shape index (κ3) is 7.18. The maximum Gasteiger partial charge on any atom is 0.416 e. The van der Waals surface area contributed by atoms with Gasteiger partial charge in [-0.15, -0.1) is 11.8 Å². The molecular weight excluding hydrogens is 485 g/mol. The molecule has 0 aliphatic carbocycles. The van der Waals surface area contributed by atoms with Crippen molar-refractivity contribution in [2.75, 3.05) is 17.7 Å². The summed E-state index contributed by atoms with van der Waals surface area (Å²) in [5, 5.41) is 7.88. The molecule has 0 fully saturated rings. The number of amides is 1. The Morgan fingerprint density at radius 2 is 1.86 bits per heavy atom. The normalized spacial score (nSPS) is 17.3. The average Bonchev–Trinajstić information content (AvgIpc) is 3.28. The van der Waals surface area contributed by atoms with Crippen LogP contribution in [0.15, 0.2) is 83.6 Å². The summed E-state index contributed by atoms with van der Waals surface area (Å²) in [7, 11) is 2.01. The highest BCUT2D eigenvalue weighted by Gasteiger charge is 2.33. The van der Waals surface area contributed by atoms with E-state index in [0.29, 0.717) is 11.4 Å². The van der Waals surface area contributed by atoms with Crippen molar-refractivity contribution < 1.29 is 18.0 Å². The van der Waals surface area contributed by atoms with Crippen molar-refractivity contribution in [2.24, 2.45) is 5.73 Å². The summed E-state index contributed by atoms with van der Waals surface area (Å²) in [6.07, 6.45) is -0.516. The van der Waals surface area contributed by atoms with Gasteiger partial charge in [0.25, 0.3) is 5.91 Å². The number of nitrogens with one attached hydrogen (secondary N) is 2. The summed E-state index contributed by atoms with van der Waals surface area (Å²) < 4.78 is 40.9. The molecule has 1 aliphatic heterocycles. The highest BCUT2D eigenvalue weighted by atomic mass is 32.2. The molecule has 5 nitrogen and oxygen atoms in total. The highest BCUT2D eigenvalue weighted by molar-refractivity contribution is 8.02. The molecule has 1 aliphatic rings. The minimum atomic E-state index is -4.60. The molecule has 0 spiro atoms. The Morgan fingerprint density at radius 3 is 2.47 bits per heavy atom. The summed E-state index contributed by atoms with van der Waals surface area (Å²) in [6.45, 7) is 3.98. The fourth-order valence-electron chi connectivity index (χ4n) is 3.85. The number of rotatable bonds is 9. The van der Waals surface area contributed by atoms with Crippen LogP contribution in [-0.2, 0) is 11.3 Å².